The van der Waals surface area contributed by atoms with Crippen molar-refractivity contribution in [3.63, 3.8) is 0 Å². The summed E-state index contributed by atoms with van der Waals surface area (Å²) in [5.74, 6) is 1.49. The Balaban J connectivity index is 1.74. The topological polar surface area (TPSA) is 30.5 Å². The van der Waals surface area contributed by atoms with Crippen LogP contribution in [0, 0.1) is 5.92 Å². The highest BCUT2D eigenvalue weighted by Gasteiger charge is 2.24. The van der Waals surface area contributed by atoms with Crippen LogP contribution in [0.2, 0.25) is 0 Å². The number of halogens is 1. The maximum absolute atomic E-state index is 5.81. The van der Waals surface area contributed by atoms with Gasteiger partial charge in [0.1, 0.15) is 5.75 Å². The van der Waals surface area contributed by atoms with Crippen molar-refractivity contribution in [2.45, 2.75) is 32.2 Å². The van der Waals surface area contributed by atoms with Gasteiger partial charge in [-0.25, -0.2) is 0 Å². The summed E-state index contributed by atoms with van der Waals surface area (Å²) >= 11 is 3.43. The number of rotatable bonds is 7. The Hall–Kier alpha value is -0.580. The fraction of sp³-hybridized carbons (Fsp3) is 0.625. The highest BCUT2D eigenvalue weighted by Crippen LogP contribution is 2.20. The average Bonchev–Trinajstić information content (AvgIpc) is 2.48. The molecule has 2 atom stereocenters. The monoisotopic (exact) mass is 341 g/mol. The summed E-state index contributed by atoms with van der Waals surface area (Å²) < 4.78 is 12.5. The molecule has 1 N–H and O–H groups in total. The van der Waals surface area contributed by atoms with E-state index in [1.54, 1.807) is 0 Å². The maximum Gasteiger partial charge on any atom is 0.119 e. The molecule has 1 aliphatic rings. The summed E-state index contributed by atoms with van der Waals surface area (Å²) in [4.78, 5) is 0. The zero-order valence-electron chi connectivity index (χ0n) is 12.1. The van der Waals surface area contributed by atoms with Gasteiger partial charge in [0.15, 0.2) is 0 Å². The number of hydrogen-bond acceptors (Lipinski definition) is 3. The summed E-state index contributed by atoms with van der Waals surface area (Å²) in [7, 11) is 0. The van der Waals surface area contributed by atoms with Gasteiger partial charge < -0.3 is 14.8 Å². The van der Waals surface area contributed by atoms with Crippen molar-refractivity contribution in [2.75, 3.05) is 26.4 Å². The molecule has 2 rings (SSSR count). The Labute approximate surface area is 130 Å². The second-order valence-corrected chi connectivity index (χ2v) is 6.19. The lowest BCUT2D eigenvalue weighted by Gasteiger charge is -2.32. The number of ether oxygens (including phenoxy) is 2. The Morgan fingerprint density at radius 3 is 2.90 bits per heavy atom. The normalized spacial score (nSPS) is 22.7. The second kappa shape index (κ2) is 8.65. The molecule has 1 saturated heterocycles. The summed E-state index contributed by atoms with van der Waals surface area (Å²) in [6.07, 6.45) is 3.33. The highest BCUT2D eigenvalue weighted by molar-refractivity contribution is 9.10. The molecule has 112 valence electrons. The van der Waals surface area contributed by atoms with Crippen LogP contribution in [0.4, 0.5) is 0 Å². The van der Waals surface area contributed by atoms with E-state index in [4.69, 9.17) is 9.47 Å². The average molecular weight is 342 g/mol. The lowest BCUT2D eigenvalue weighted by atomic mass is 9.93. The fourth-order valence-electron chi connectivity index (χ4n) is 2.54. The maximum atomic E-state index is 5.81. The quantitative estimate of drug-likeness (QED) is 0.821. The number of nitrogens with one attached hydrogen (secondary N) is 1. The van der Waals surface area contributed by atoms with Crippen molar-refractivity contribution in [1.29, 1.82) is 0 Å². The van der Waals surface area contributed by atoms with Gasteiger partial charge in [0.2, 0.25) is 0 Å². The molecule has 0 aromatic heterocycles. The molecule has 1 aromatic rings. The van der Waals surface area contributed by atoms with Crippen molar-refractivity contribution in [3.8, 4) is 5.75 Å². The molecule has 1 aliphatic heterocycles. The van der Waals surface area contributed by atoms with Crippen molar-refractivity contribution in [3.05, 3.63) is 28.7 Å². The molecule has 4 heteroatoms. The molecular weight excluding hydrogens is 318 g/mol. The van der Waals surface area contributed by atoms with Crippen LogP contribution in [0.3, 0.4) is 0 Å². The van der Waals surface area contributed by atoms with E-state index >= 15 is 0 Å². The molecule has 0 radical (unpaired) electrons. The summed E-state index contributed by atoms with van der Waals surface area (Å²) in [5, 5.41) is 3.64. The Morgan fingerprint density at radius 2 is 2.15 bits per heavy atom. The minimum Gasteiger partial charge on any atom is -0.494 e. The lowest BCUT2D eigenvalue weighted by molar-refractivity contribution is 0.0237. The van der Waals surface area contributed by atoms with Crippen LogP contribution in [-0.4, -0.2) is 32.4 Å². The lowest BCUT2D eigenvalue weighted by Crippen LogP contribution is -2.43. The first kappa shape index (κ1) is 15.8. The summed E-state index contributed by atoms with van der Waals surface area (Å²) in [6.45, 7) is 5.78. The third-order valence-corrected chi connectivity index (χ3v) is 4.23. The van der Waals surface area contributed by atoms with Gasteiger partial charge >= 0.3 is 0 Å². The molecule has 0 saturated carbocycles. The van der Waals surface area contributed by atoms with Gasteiger partial charge in [0, 0.05) is 23.0 Å². The molecule has 1 heterocycles. The third kappa shape index (κ3) is 5.08. The van der Waals surface area contributed by atoms with Gasteiger partial charge in [0.05, 0.1) is 13.2 Å². The van der Waals surface area contributed by atoms with Crippen molar-refractivity contribution in [1.82, 2.24) is 5.32 Å². The summed E-state index contributed by atoms with van der Waals surface area (Å²) in [5.41, 5.74) is 0. The molecule has 1 aromatic carbocycles. The van der Waals surface area contributed by atoms with E-state index in [-0.39, 0.29) is 0 Å². The zero-order valence-corrected chi connectivity index (χ0v) is 13.7. The van der Waals surface area contributed by atoms with Gasteiger partial charge in [-0.2, -0.15) is 0 Å². The van der Waals surface area contributed by atoms with Crippen LogP contribution >= 0.6 is 15.9 Å². The van der Waals surface area contributed by atoms with E-state index in [0.717, 1.165) is 49.4 Å². The van der Waals surface area contributed by atoms with Crippen LogP contribution in [-0.2, 0) is 4.74 Å². The Kier molecular flexibility index (Phi) is 6.83. The van der Waals surface area contributed by atoms with E-state index in [9.17, 15) is 0 Å². The van der Waals surface area contributed by atoms with Crippen LogP contribution < -0.4 is 10.1 Å². The molecule has 2 unspecified atom stereocenters. The highest BCUT2D eigenvalue weighted by atomic mass is 79.9. The Morgan fingerprint density at radius 1 is 1.35 bits per heavy atom. The predicted octanol–water partition coefficient (Wildman–Crippen LogP) is 3.62. The standard InChI is InChI=1S/C16H24BrNO2/c1-2-9-18-16-8-10-19-12-13(16)7-11-20-15-5-3-14(17)4-6-15/h3-6,13,16,18H,2,7-12H2,1H3. The predicted molar refractivity (Wildman–Crippen MR) is 85.3 cm³/mol. The number of hydrogen-bond donors (Lipinski definition) is 1. The third-order valence-electron chi connectivity index (χ3n) is 3.70. The van der Waals surface area contributed by atoms with Gasteiger partial charge in [-0.15, -0.1) is 0 Å². The minimum atomic E-state index is 0.561. The van der Waals surface area contributed by atoms with Crippen molar-refractivity contribution in [2.24, 2.45) is 5.92 Å². The van der Waals surface area contributed by atoms with E-state index in [2.05, 4.69) is 28.2 Å². The van der Waals surface area contributed by atoms with Crippen LogP contribution in [0.25, 0.3) is 0 Å². The van der Waals surface area contributed by atoms with Gasteiger partial charge in [0.25, 0.3) is 0 Å². The number of benzene rings is 1. The van der Waals surface area contributed by atoms with Gasteiger partial charge in [-0.1, -0.05) is 22.9 Å². The second-order valence-electron chi connectivity index (χ2n) is 5.28. The van der Waals surface area contributed by atoms with Crippen LogP contribution in [0.1, 0.15) is 26.2 Å². The molecule has 0 bridgehead atoms. The van der Waals surface area contributed by atoms with Crippen molar-refractivity contribution < 1.29 is 9.47 Å². The molecule has 20 heavy (non-hydrogen) atoms. The summed E-state index contributed by atoms with van der Waals surface area (Å²) in [6, 6.07) is 8.58. The molecule has 0 aliphatic carbocycles. The first-order valence-corrected chi connectivity index (χ1v) is 8.28. The van der Waals surface area contributed by atoms with Crippen LogP contribution in [0.15, 0.2) is 28.7 Å². The van der Waals surface area contributed by atoms with E-state index < -0.39 is 0 Å². The SMILES string of the molecule is CCCNC1CCOCC1CCOc1ccc(Br)cc1. The Bertz CT molecular complexity index is 383. The fourth-order valence-corrected chi connectivity index (χ4v) is 2.80. The van der Waals surface area contributed by atoms with E-state index in [1.165, 1.54) is 6.42 Å². The largest absolute Gasteiger partial charge is 0.494 e. The minimum absolute atomic E-state index is 0.561. The van der Waals surface area contributed by atoms with E-state index in [0.29, 0.717) is 12.0 Å². The first-order chi connectivity index (χ1) is 9.79. The first-order valence-electron chi connectivity index (χ1n) is 7.49. The molecule has 1 fully saturated rings. The van der Waals surface area contributed by atoms with Crippen molar-refractivity contribution >= 4 is 15.9 Å². The van der Waals surface area contributed by atoms with Crippen LogP contribution in [0.5, 0.6) is 5.75 Å². The molecule has 0 spiro atoms. The molecular formula is C16H24BrNO2. The smallest absolute Gasteiger partial charge is 0.119 e. The van der Waals surface area contributed by atoms with Gasteiger partial charge in [-0.05, 0) is 50.1 Å². The van der Waals surface area contributed by atoms with Gasteiger partial charge in [-0.3, -0.25) is 0 Å². The molecule has 3 nitrogen and oxygen atoms in total. The molecule has 0 amide bonds. The zero-order chi connectivity index (χ0) is 14.2. The van der Waals surface area contributed by atoms with E-state index in [1.807, 2.05) is 24.3 Å².